The van der Waals surface area contributed by atoms with Crippen molar-refractivity contribution < 1.29 is 0 Å². The molecule has 0 atom stereocenters. The molecule has 0 nitrogen and oxygen atoms in total. The topological polar surface area (TPSA) is 0 Å². The molecule has 0 amide bonds. The van der Waals surface area contributed by atoms with Crippen LogP contribution in [0.3, 0.4) is 0 Å². The molecule has 10 heavy (non-hydrogen) atoms. The van der Waals surface area contributed by atoms with Gasteiger partial charge in [-0.05, 0) is 30.8 Å². The Labute approximate surface area is 68.4 Å². The van der Waals surface area contributed by atoms with Crippen LogP contribution in [-0.4, -0.2) is 11.5 Å². The van der Waals surface area contributed by atoms with Crippen LogP contribution in [0.4, 0.5) is 0 Å². The zero-order valence-electron chi connectivity index (χ0n) is 6.51. The van der Waals surface area contributed by atoms with Gasteiger partial charge in [0, 0.05) is 0 Å². The van der Waals surface area contributed by atoms with Crippen molar-refractivity contribution >= 4 is 11.8 Å². The highest BCUT2D eigenvalue weighted by molar-refractivity contribution is 7.99. The second-order valence-corrected chi connectivity index (χ2v) is 3.35. The van der Waals surface area contributed by atoms with Crippen LogP contribution < -0.4 is 0 Å². The third-order valence-electron chi connectivity index (χ3n) is 1.16. The van der Waals surface area contributed by atoms with E-state index >= 15 is 0 Å². The van der Waals surface area contributed by atoms with Crippen molar-refractivity contribution in [3.05, 3.63) is 25.3 Å². The minimum absolute atomic E-state index is 1.14. The number of hydrogen-bond donors (Lipinski definition) is 0. The van der Waals surface area contributed by atoms with E-state index in [4.69, 9.17) is 0 Å². The summed E-state index contributed by atoms with van der Waals surface area (Å²) in [6, 6.07) is 0. The quantitative estimate of drug-likeness (QED) is 0.403. The van der Waals surface area contributed by atoms with E-state index in [-0.39, 0.29) is 0 Å². The normalized spacial score (nSPS) is 9.20. The van der Waals surface area contributed by atoms with Gasteiger partial charge in [0.05, 0.1) is 0 Å². The van der Waals surface area contributed by atoms with Gasteiger partial charge in [-0.15, -0.1) is 13.2 Å². The van der Waals surface area contributed by atoms with E-state index in [2.05, 4.69) is 13.2 Å². The SMILES string of the molecule is C=CCCCSCCC=C. The van der Waals surface area contributed by atoms with E-state index in [1.54, 1.807) is 0 Å². The van der Waals surface area contributed by atoms with Crippen molar-refractivity contribution in [2.75, 3.05) is 11.5 Å². The lowest BCUT2D eigenvalue weighted by molar-refractivity contribution is 0.973. The van der Waals surface area contributed by atoms with Crippen molar-refractivity contribution in [1.29, 1.82) is 0 Å². The van der Waals surface area contributed by atoms with Gasteiger partial charge in [-0.2, -0.15) is 11.8 Å². The van der Waals surface area contributed by atoms with Crippen molar-refractivity contribution in [3.8, 4) is 0 Å². The maximum Gasteiger partial charge on any atom is -0.00330 e. The predicted octanol–water partition coefficient (Wildman–Crippen LogP) is 3.26. The number of thioether (sulfide) groups is 1. The van der Waals surface area contributed by atoms with Crippen LogP contribution in [0.2, 0.25) is 0 Å². The fraction of sp³-hybridized carbons (Fsp3) is 0.556. The van der Waals surface area contributed by atoms with Crippen LogP contribution in [0.25, 0.3) is 0 Å². The van der Waals surface area contributed by atoms with E-state index in [0.717, 1.165) is 12.8 Å². The first kappa shape index (κ1) is 9.83. The molecule has 0 bridgehead atoms. The molecule has 0 aliphatic heterocycles. The fourth-order valence-corrected chi connectivity index (χ4v) is 1.51. The summed E-state index contributed by atoms with van der Waals surface area (Å²) in [4.78, 5) is 0. The molecule has 0 aromatic heterocycles. The average Bonchev–Trinajstić information content (AvgIpc) is 1.97. The number of hydrogen-bond acceptors (Lipinski definition) is 1. The monoisotopic (exact) mass is 156 g/mol. The Kier molecular flexibility index (Phi) is 8.68. The predicted molar refractivity (Wildman–Crippen MR) is 51.6 cm³/mol. The lowest BCUT2D eigenvalue weighted by atomic mass is 10.3. The fourth-order valence-electron chi connectivity index (χ4n) is 0.598. The van der Waals surface area contributed by atoms with Crippen LogP contribution in [0, 0.1) is 0 Å². The summed E-state index contributed by atoms with van der Waals surface area (Å²) in [6.07, 6.45) is 7.51. The van der Waals surface area contributed by atoms with Gasteiger partial charge in [-0.1, -0.05) is 12.2 Å². The third kappa shape index (κ3) is 7.83. The summed E-state index contributed by atoms with van der Waals surface area (Å²) in [5.74, 6) is 2.49. The Morgan fingerprint density at radius 1 is 1.00 bits per heavy atom. The number of rotatable bonds is 7. The van der Waals surface area contributed by atoms with E-state index in [1.807, 2.05) is 23.9 Å². The summed E-state index contributed by atoms with van der Waals surface area (Å²) >= 11 is 2.00. The first-order valence-corrected chi connectivity index (χ1v) is 4.87. The van der Waals surface area contributed by atoms with Crippen molar-refractivity contribution in [2.45, 2.75) is 19.3 Å². The zero-order chi connectivity index (χ0) is 7.66. The van der Waals surface area contributed by atoms with E-state index in [9.17, 15) is 0 Å². The number of unbranched alkanes of at least 4 members (excludes halogenated alkanes) is 1. The van der Waals surface area contributed by atoms with Crippen molar-refractivity contribution in [2.24, 2.45) is 0 Å². The van der Waals surface area contributed by atoms with E-state index in [0.29, 0.717) is 0 Å². The van der Waals surface area contributed by atoms with Crippen LogP contribution in [0.5, 0.6) is 0 Å². The molecule has 0 aliphatic rings. The lowest BCUT2D eigenvalue weighted by Crippen LogP contribution is -1.80. The standard InChI is InChI=1S/C9H16S/c1-3-5-7-9-10-8-6-4-2/h3-4H,1-2,5-9H2. The molecule has 0 radical (unpaired) electrons. The Balaban J connectivity index is 2.76. The van der Waals surface area contributed by atoms with Gasteiger partial charge < -0.3 is 0 Å². The third-order valence-corrected chi connectivity index (χ3v) is 2.26. The molecule has 0 rings (SSSR count). The van der Waals surface area contributed by atoms with Gasteiger partial charge in [0.1, 0.15) is 0 Å². The molecule has 0 saturated heterocycles. The van der Waals surface area contributed by atoms with E-state index in [1.165, 1.54) is 17.9 Å². The number of allylic oxidation sites excluding steroid dienone is 2. The minimum Gasteiger partial charge on any atom is -0.162 e. The summed E-state index contributed by atoms with van der Waals surface area (Å²) in [5, 5.41) is 0. The molecule has 0 heterocycles. The van der Waals surface area contributed by atoms with Crippen LogP contribution in [-0.2, 0) is 0 Å². The molecule has 0 N–H and O–H groups in total. The first-order chi connectivity index (χ1) is 4.91. The average molecular weight is 156 g/mol. The molecule has 1 heteroatoms. The molecule has 0 aromatic carbocycles. The highest BCUT2D eigenvalue weighted by Gasteiger charge is 1.85. The molecule has 0 fully saturated rings. The maximum absolute atomic E-state index is 3.67. The molecular weight excluding hydrogens is 140 g/mol. The Hall–Kier alpha value is -0.170. The summed E-state index contributed by atoms with van der Waals surface area (Å²) in [7, 11) is 0. The highest BCUT2D eigenvalue weighted by atomic mass is 32.2. The second kappa shape index (κ2) is 8.83. The molecule has 0 spiro atoms. The van der Waals surface area contributed by atoms with Crippen LogP contribution >= 0.6 is 11.8 Å². The molecule has 58 valence electrons. The molecular formula is C9H16S. The molecule has 0 aliphatic carbocycles. The first-order valence-electron chi connectivity index (χ1n) is 3.71. The Bertz CT molecular complexity index is 74.7. The highest BCUT2D eigenvalue weighted by Crippen LogP contribution is 2.06. The second-order valence-electron chi connectivity index (χ2n) is 2.12. The molecule has 0 saturated carbocycles. The summed E-state index contributed by atoms with van der Waals surface area (Å²) in [5.41, 5.74) is 0. The van der Waals surface area contributed by atoms with Crippen molar-refractivity contribution in [3.63, 3.8) is 0 Å². The Morgan fingerprint density at radius 2 is 1.70 bits per heavy atom. The smallest absolute Gasteiger partial charge is 0.00330 e. The van der Waals surface area contributed by atoms with Gasteiger partial charge in [0.2, 0.25) is 0 Å². The van der Waals surface area contributed by atoms with Crippen LogP contribution in [0.15, 0.2) is 25.3 Å². The van der Waals surface area contributed by atoms with Gasteiger partial charge >= 0.3 is 0 Å². The Morgan fingerprint density at radius 3 is 2.30 bits per heavy atom. The molecule has 0 aromatic rings. The van der Waals surface area contributed by atoms with E-state index < -0.39 is 0 Å². The molecule has 0 unspecified atom stereocenters. The van der Waals surface area contributed by atoms with Gasteiger partial charge in [0.25, 0.3) is 0 Å². The van der Waals surface area contributed by atoms with Crippen LogP contribution in [0.1, 0.15) is 19.3 Å². The summed E-state index contributed by atoms with van der Waals surface area (Å²) < 4.78 is 0. The summed E-state index contributed by atoms with van der Waals surface area (Å²) in [6.45, 7) is 7.33. The lowest BCUT2D eigenvalue weighted by Gasteiger charge is -1.95. The zero-order valence-corrected chi connectivity index (χ0v) is 7.33. The van der Waals surface area contributed by atoms with Crippen molar-refractivity contribution in [1.82, 2.24) is 0 Å². The van der Waals surface area contributed by atoms with Gasteiger partial charge in [0.15, 0.2) is 0 Å². The van der Waals surface area contributed by atoms with Gasteiger partial charge in [-0.25, -0.2) is 0 Å². The largest absolute Gasteiger partial charge is 0.162 e. The van der Waals surface area contributed by atoms with Gasteiger partial charge in [-0.3, -0.25) is 0 Å². The maximum atomic E-state index is 3.67. The minimum atomic E-state index is 1.14.